The highest BCUT2D eigenvalue weighted by molar-refractivity contribution is 7.33. The number of isocyanates is 1. The molecule has 2 nitrogen and oxygen atoms in total. The van der Waals surface area contributed by atoms with E-state index in [-0.39, 0.29) is 0 Å². The van der Waals surface area contributed by atoms with Crippen LogP contribution in [-0.4, -0.2) is 20.0 Å². The molecule has 0 aliphatic rings. The van der Waals surface area contributed by atoms with Crippen LogP contribution in [0.5, 0.6) is 0 Å². The van der Waals surface area contributed by atoms with E-state index >= 15 is 0 Å². The Morgan fingerprint density at radius 2 is 0.957 bits per heavy atom. The smallest absolute Gasteiger partial charge is 0.211 e. The van der Waals surface area contributed by atoms with Crippen LogP contribution >= 0.6 is 22.2 Å². The molecule has 0 aromatic carbocycles. The first-order chi connectivity index (χ1) is 11.3. The van der Waals surface area contributed by atoms with Gasteiger partial charge in [0.05, 0.1) is 6.54 Å². The molecule has 5 heteroatoms. The molecule has 0 aliphatic carbocycles. The lowest BCUT2D eigenvalue weighted by atomic mass is 10.0. The Bertz CT molecular complexity index is 284. The van der Waals surface area contributed by atoms with Crippen LogP contribution in [0.3, 0.4) is 0 Å². The molecule has 0 aromatic heterocycles. The van der Waals surface area contributed by atoms with E-state index < -0.39 is 7.42 Å². The van der Waals surface area contributed by atoms with Gasteiger partial charge in [0.2, 0.25) is 13.5 Å². The number of carbonyl (C=O) groups excluding carboxylic acids is 1. The summed E-state index contributed by atoms with van der Waals surface area (Å²) in [5, 5.41) is 0. The fourth-order valence-corrected chi connectivity index (χ4v) is 4.36. The highest BCUT2D eigenvalue weighted by atomic mass is 35.7. The van der Waals surface area contributed by atoms with Crippen LogP contribution < -0.4 is 0 Å². The molecule has 0 unspecified atom stereocenters. The van der Waals surface area contributed by atoms with E-state index in [0.29, 0.717) is 6.54 Å². The van der Waals surface area contributed by atoms with Crippen LogP contribution in [0.4, 0.5) is 0 Å². The number of aliphatic imine (C=N–C) groups is 1. The molecule has 0 heterocycles. The standard InChI is InChI=1S/C18H35Cl2NOSi/c19-23(20)17-15-13-11-9-7-5-3-1-2-4-6-8-10-12-14-16-21-18-22/h23H,1-17H2. The summed E-state index contributed by atoms with van der Waals surface area (Å²) in [6, 6.07) is 1.08. The van der Waals surface area contributed by atoms with Crippen molar-refractivity contribution in [1.29, 1.82) is 0 Å². The molecule has 23 heavy (non-hydrogen) atoms. The highest BCUT2D eigenvalue weighted by Crippen LogP contribution is 2.15. The van der Waals surface area contributed by atoms with Crippen molar-refractivity contribution in [3.63, 3.8) is 0 Å². The SMILES string of the molecule is O=C=NCCCCCCCCCCCCCCCCC[SiH](Cl)Cl. The molecule has 0 saturated heterocycles. The maximum Gasteiger partial charge on any atom is 0.237 e. The topological polar surface area (TPSA) is 29.4 Å². The van der Waals surface area contributed by atoms with E-state index in [4.69, 9.17) is 22.2 Å². The molecular formula is C18H35Cl2NOSi. The molecule has 0 bridgehead atoms. The number of hydrogen-bond donors (Lipinski definition) is 0. The summed E-state index contributed by atoms with van der Waals surface area (Å²) in [6.45, 7) is 0.658. The van der Waals surface area contributed by atoms with Gasteiger partial charge in [-0.3, -0.25) is 0 Å². The molecule has 136 valence electrons. The lowest BCUT2D eigenvalue weighted by molar-refractivity contribution is 0.532. The zero-order chi connectivity index (χ0) is 17.0. The first kappa shape index (κ1) is 23.2. The number of unbranched alkanes of at least 4 members (excludes halogenated alkanes) is 14. The van der Waals surface area contributed by atoms with Crippen LogP contribution in [-0.2, 0) is 4.79 Å². The summed E-state index contributed by atoms with van der Waals surface area (Å²) < 4.78 is 0. The van der Waals surface area contributed by atoms with Gasteiger partial charge < -0.3 is 0 Å². The maximum atomic E-state index is 9.89. The summed E-state index contributed by atoms with van der Waals surface area (Å²) in [5.74, 6) is 0. The quantitative estimate of drug-likeness (QED) is 0.0838. The fraction of sp³-hybridized carbons (Fsp3) is 0.944. The van der Waals surface area contributed by atoms with Gasteiger partial charge in [-0.05, 0) is 12.5 Å². The second kappa shape index (κ2) is 20.2. The zero-order valence-electron chi connectivity index (χ0n) is 14.7. The lowest BCUT2D eigenvalue weighted by Gasteiger charge is -2.03. The van der Waals surface area contributed by atoms with Gasteiger partial charge in [0.25, 0.3) is 0 Å². The van der Waals surface area contributed by atoms with Gasteiger partial charge >= 0.3 is 0 Å². The van der Waals surface area contributed by atoms with E-state index in [1.54, 1.807) is 6.08 Å². The van der Waals surface area contributed by atoms with E-state index in [2.05, 4.69) is 4.99 Å². The summed E-state index contributed by atoms with van der Waals surface area (Å²) in [6.07, 6.45) is 21.5. The molecule has 0 N–H and O–H groups in total. The molecule has 0 radical (unpaired) electrons. The average molecular weight is 380 g/mol. The van der Waals surface area contributed by atoms with Gasteiger partial charge in [-0.25, -0.2) is 9.79 Å². The molecule has 0 atom stereocenters. The van der Waals surface area contributed by atoms with Crippen LogP contribution in [0.2, 0.25) is 6.04 Å². The number of rotatable bonds is 18. The first-order valence-corrected chi connectivity index (χ1v) is 13.9. The Morgan fingerprint density at radius 3 is 1.30 bits per heavy atom. The van der Waals surface area contributed by atoms with Crippen molar-refractivity contribution in [3.8, 4) is 0 Å². The molecule has 0 aromatic rings. The number of halogens is 2. The summed E-state index contributed by atoms with van der Waals surface area (Å²) in [7, 11) is -1.34. The van der Waals surface area contributed by atoms with Gasteiger partial charge in [0.15, 0.2) is 0 Å². The Hall–Kier alpha value is 0.177. The van der Waals surface area contributed by atoms with Gasteiger partial charge in [-0.1, -0.05) is 89.9 Å². The third-order valence-electron chi connectivity index (χ3n) is 4.26. The van der Waals surface area contributed by atoms with Gasteiger partial charge in [0, 0.05) is 0 Å². The minimum Gasteiger partial charge on any atom is -0.211 e. The summed E-state index contributed by atoms with van der Waals surface area (Å²) in [5.41, 5.74) is 0. The molecular weight excluding hydrogens is 345 g/mol. The molecule has 0 rings (SSSR count). The summed E-state index contributed by atoms with van der Waals surface area (Å²) in [4.78, 5) is 13.5. The van der Waals surface area contributed by atoms with Crippen molar-refractivity contribution in [2.75, 3.05) is 6.54 Å². The van der Waals surface area contributed by atoms with E-state index in [0.717, 1.165) is 12.5 Å². The van der Waals surface area contributed by atoms with E-state index in [1.807, 2.05) is 0 Å². The van der Waals surface area contributed by atoms with Crippen molar-refractivity contribution in [2.45, 2.75) is 102 Å². The predicted octanol–water partition coefficient (Wildman–Crippen LogP) is 6.87. The van der Waals surface area contributed by atoms with E-state index in [9.17, 15) is 4.79 Å². The Kier molecular flexibility index (Phi) is 20.4. The molecule has 0 aliphatic heterocycles. The Balaban J connectivity index is 2.98. The van der Waals surface area contributed by atoms with Crippen LogP contribution in [0, 0.1) is 0 Å². The largest absolute Gasteiger partial charge is 0.237 e. The fourth-order valence-electron chi connectivity index (χ4n) is 2.83. The van der Waals surface area contributed by atoms with E-state index in [1.165, 1.54) is 89.9 Å². The number of nitrogens with zero attached hydrogens (tertiary/aromatic N) is 1. The van der Waals surface area contributed by atoms with Gasteiger partial charge in [-0.2, -0.15) is 22.2 Å². The second-order valence-corrected chi connectivity index (χ2v) is 11.6. The van der Waals surface area contributed by atoms with Crippen LogP contribution in [0.1, 0.15) is 96.3 Å². The lowest BCUT2D eigenvalue weighted by Crippen LogP contribution is -1.91. The van der Waals surface area contributed by atoms with Crippen molar-refractivity contribution >= 4 is 35.7 Å². The third kappa shape index (κ3) is 22.2. The molecule has 0 saturated carbocycles. The highest BCUT2D eigenvalue weighted by Gasteiger charge is 2.00. The van der Waals surface area contributed by atoms with Crippen molar-refractivity contribution in [1.82, 2.24) is 0 Å². The number of hydrogen-bond acceptors (Lipinski definition) is 2. The van der Waals surface area contributed by atoms with Crippen LogP contribution in [0.25, 0.3) is 0 Å². The first-order valence-electron chi connectivity index (χ1n) is 9.59. The molecule has 0 amide bonds. The van der Waals surface area contributed by atoms with Crippen LogP contribution in [0.15, 0.2) is 4.99 Å². The average Bonchev–Trinajstić information content (AvgIpc) is 2.53. The minimum absolute atomic E-state index is 0.658. The summed E-state index contributed by atoms with van der Waals surface area (Å²) >= 11 is 11.7. The normalized spacial score (nSPS) is 10.9. The Morgan fingerprint density at radius 1 is 0.609 bits per heavy atom. The van der Waals surface area contributed by atoms with Crippen molar-refractivity contribution in [2.24, 2.45) is 4.99 Å². The second-order valence-electron chi connectivity index (χ2n) is 6.46. The van der Waals surface area contributed by atoms with Gasteiger partial charge in [-0.15, -0.1) is 0 Å². The van der Waals surface area contributed by atoms with Gasteiger partial charge in [0.1, 0.15) is 0 Å². The Labute approximate surface area is 154 Å². The van der Waals surface area contributed by atoms with Crippen molar-refractivity contribution < 1.29 is 4.79 Å². The van der Waals surface area contributed by atoms with Crippen molar-refractivity contribution in [3.05, 3.63) is 0 Å². The molecule has 0 fully saturated rings. The monoisotopic (exact) mass is 379 g/mol. The minimum atomic E-state index is -1.34. The predicted molar refractivity (Wildman–Crippen MR) is 106 cm³/mol. The maximum absolute atomic E-state index is 9.89. The molecule has 0 spiro atoms. The third-order valence-corrected chi connectivity index (χ3v) is 6.41. The zero-order valence-corrected chi connectivity index (χ0v) is 17.4.